The van der Waals surface area contributed by atoms with E-state index >= 15 is 0 Å². The van der Waals surface area contributed by atoms with Crippen LogP contribution < -0.4 is 5.73 Å². The highest BCUT2D eigenvalue weighted by atomic mass is 16.4. The third kappa shape index (κ3) is 2.31. The summed E-state index contributed by atoms with van der Waals surface area (Å²) in [5.74, 6) is -0.799. The summed E-state index contributed by atoms with van der Waals surface area (Å²) >= 11 is 0. The first-order valence-electron chi connectivity index (χ1n) is 7.40. The number of carbonyl (C=O) groups is 2. The van der Waals surface area contributed by atoms with Gasteiger partial charge in [-0.25, -0.2) is 4.79 Å². The molecule has 1 aromatic rings. The molecule has 21 heavy (non-hydrogen) atoms. The number of aromatic carboxylic acids is 1. The van der Waals surface area contributed by atoms with E-state index in [9.17, 15) is 9.59 Å². The molecule has 1 aliphatic carbocycles. The van der Waals surface area contributed by atoms with Gasteiger partial charge >= 0.3 is 5.97 Å². The van der Waals surface area contributed by atoms with Gasteiger partial charge in [0.1, 0.15) is 0 Å². The highest BCUT2D eigenvalue weighted by molar-refractivity contribution is 5.88. The van der Waals surface area contributed by atoms with Crippen molar-refractivity contribution in [3.8, 4) is 0 Å². The lowest BCUT2D eigenvalue weighted by Gasteiger charge is -2.30. The quantitative estimate of drug-likeness (QED) is 0.887. The number of carboxylic acid groups (broad SMARTS) is 1. The van der Waals surface area contributed by atoms with Gasteiger partial charge in [0.2, 0.25) is 5.91 Å². The van der Waals surface area contributed by atoms with E-state index in [2.05, 4.69) is 0 Å². The highest BCUT2D eigenvalue weighted by Gasteiger charge is 2.43. The maximum absolute atomic E-state index is 12.8. The number of rotatable bonds is 3. The smallest absolute Gasteiger partial charge is 0.335 e. The lowest BCUT2D eigenvalue weighted by Crippen LogP contribution is -2.44. The van der Waals surface area contributed by atoms with Crippen LogP contribution in [0.25, 0.3) is 0 Å². The average molecular weight is 288 g/mol. The van der Waals surface area contributed by atoms with Gasteiger partial charge in [0.15, 0.2) is 0 Å². The molecule has 1 amide bonds. The monoisotopic (exact) mass is 288 g/mol. The zero-order valence-electron chi connectivity index (χ0n) is 12.0. The van der Waals surface area contributed by atoms with Crippen LogP contribution in [0.15, 0.2) is 18.2 Å². The molecule has 0 spiro atoms. The molecule has 1 aliphatic heterocycles. The van der Waals surface area contributed by atoms with E-state index in [0.717, 1.165) is 36.8 Å². The van der Waals surface area contributed by atoms with E-state index in [-0.39, 0.29) is 11.5 Å². The summed E-state index contributed by atoms with van der Waals surface area (Å²) < 4.78 is 0. The Hall–Kier alpha value is -1.88. The van der Waals surface area contributed by atoms with E-state index in [1.165, 1.54) is 0 Å². The Labute approximate surface area is 123 Å². The molecule has 3 rings (SSSR count). The van der Waals surface area contributed by atoms with E-state index in [4.69, 9.17) is 10.8 Å². The van der Waals surface area contributed by atoms with Crippen LogP contribution in [-0.4, -0.2) is 28.4 Å². The van der Waals surface area contributed by atoms with Gasteiger partial charge < -0.3 is 15.7 Å². The molecule has 112 valence electrons. The van der Waals surface area contributed by atoms with Gasteiger partial charge in [-0.3, -0.25) is 4.79 Å². The van der Waals surface area contributed by atoms with Gasteiger partial charge in [-0.05, 0) is 36.1 Å². The Morgan fingerprint density at radius 2 is 1.86 bits per heavy atom. The third-order valence-corrected chi connectivity index (χ3v) is 4.87. The molecule has 0 radical (unpaired) electrons. The van der Waals surface area contributed by atoms with Crippen LogP contribution in [0.1, 0.15) is 47.2 Å². The number of carboxylic acids is 1. The van der Waals surface area contributed by atoms with Gasteiger partial charge in [0.25, 0.3) is 0 Å². The first kappa shape index (κ1) is 14.1. The summed E-state index contributed by atoms with van der Waals surface area (Å²) in [6.45, 7) is 1.46. The Bertz CT molecular complexity index is 591. The summed E-state index contributed by atoms with van der Waals surface area (Å²) in [5, 5.41) is 9.05. The van der Waals surface area contributed by atoms with E-state index in [1.54, 1.807) is 12.1 Å². The first-order chi connectivity index (χ1) is 10.1. The van der Waals surface area contributed by atoms with Crippen LogP contribution in [0.4, 0.5) is 0 Å². The standard InChI is InChI=1S/C16H20N2O3/c17-10-16(5-1-2-6-16)15(21)18-8-12-4-3-11(14(19)20)7-13(12)9-18/h3-4,7H,1-2,5-6,8-10,17H2,(H,19,20). The minimum Gasteiger partial charge on any atom is -0.478 e. The van der Waals surface area contributed by atoms with Crippen LogP contribution >= 0.6 is 0 Å². The van der Waals surface area contributed by atoms with Crippen molar-refractivity contribution in [1.82, 2.24) is 4.90 Å². The predicted octanol–water partition coefficient (Wildman–Crippen LogP) is 1.75. The fraction of sp³-hybridized carbons (Fsp3) is 0.500. The van der Waals surface area contributed by atoms with E-state index in [1.807, 2.05) is 11.0 Å². The van der Waals surface area contributed by atoms with Crippen molar-refractivity contribution in [1.29, 1.82) is 0 Å². The molecule has 0 aromatic heterocycles. The maximum Gasteiger partial charge on any atom is 0.335 e. The number of amides is 1. The molecular weight excluding hydrogens is 268 g/mol. The van der Waals surface area contributed by atoms with E-state index in [0.29, 0.717) is 19.6 Å². The summed E-state index contributed by atoms with van der Waals surface area (Å²) in [7, 11) is 0. The number of hydrogen-bond acceptors (Lipinski definition) is 3. The van der Waals surface area contributed by atoms with Gasteiger partial charge in [0, 0.05) is 19.6 Å². The predicted molar refractivity (Wildman–Crippen MR) is 77.6 cm³/mol. The van der Waals surface area contributed by atoms with Gasteiger partial charge in [0.05, 0.1) is 11.0 Å². The summed E-state index contributed by atoms with van der Waals surface area (Å²) in [4.78, 5) is 25.7. The van der Waals surface area contributed by atoms with Gasteiger partial charge in [-0.1, -0.05) is 18.9 Å². The van der Waals surface area contributed by atoms with E-state index < -0.39 is 11.4 Å². The molecule has 1 heterocycles. The third-order valence-electron chi connectivity index (χ3n) is 4.87. The second-order valence-electron chi connectivity index (χ2n) is 6.14. The number of nitrogens with zero attached hydrogens (tertiary/aromatic N) is 1. The van der Waals surface area contributed by atoms with Crippen molar-refractivity contribution in [2.24, 2.45) is 11.1 Å². The number of carbonyl (C=O) groups excluding carboxylic acids is 1. The second-order valence-corrected chi connectivity index (χ2v) is 6.14. The molecule has 5 nitrogen and oxygen atoms in total. The zero-order valence-corrected chi connectivity index (χ0v) is 12.0. The summed E-state index contributed by atoms with van der Waals surface area (Å²) in [6, 6.07) is 5.09. The molecule has 0 saturated heterocycles. The molecule has 0 bridgehead atoms. The number of benzene rings is 1. The molecule has 0 atom stereocenters. The van der Waals surface area contributed by atoms with Crippen molar-refractivity contribution < 1.29 is 14.7 Å². The minimum absolute atomic E-state index is 0.135. The lowest BCUT2D eigenvalue weighted by molar-refractivity contribution is -0.142. The van der Waals surface area contributed by atoms with Crippen molar-refractivity contribution in [3.05, 3.63) is 34.9 Å². The van der Waals surface area contributed by atoms with Crippen LogP contribution in [0.5, 0.6) is 0 Å². The van der Waals surface area contributed by atoms with Crippen LogP contribution in [-0.2, 0) is 17.9 Å². The largest absolute Gasteiger partial charge is 0.478 e. The molecule has 1 fully saturated rings. The second kappa shape index (κ2) is 5.15. The minimum atomic E-state index is -0.934. The SMILES string of the molecule is NCC1(C(=O)N2Cc3ccc(C(=O)O)cc3C2)CCCC1. The molecular formula is C16H20N2O3. The summed E-state index contributed by atoms with van der Waals surface area (Å²) in [5.41, 5.74) is 7.74. The molecule has 5 heteroatoms. The Morgan fingerprint density at radius 3 is 2.48 bits per heavy atom. The fourth-order valence-electron chi connectivity index (χ4n) is 3.56. The Balaban J connectivity index is 1.81. The average Bonchev–Trinajstić information content (AvgIpc) is 3.12. The van der Waals surface area contributed by atoms with Crippen molar-refractivity contribution in [2.75, 3.05) is 6.54 Å². The van der Waals surface area contributed by atoms with Gasteiger partial charge in [-0.15, -0.1) is 0 Å². The highest BCUT2D eigenvalue weighted by Crippen LogP contribution is 2.40. The first-order valence-corrected chi connectivity index (χ1v) is 7.40. The maximum atomic E-state index is 12.8. The topological polar surface area (TPSA) is 83.6 Å². The molecule has 2 aliphatic rings. The number of hydrogen-bond donors (Lipinski definition) is 2. The number of nitrogens with two attached hydrogens (primary N) is 1. The fourth-order valence-corrected chi connectivity index (χ4v) is 3.56. The normalized spacial score (nSPS) is 19.6. The molecule has 3 N–H and O–H groups in total. The Morgan fingerprint density at radius 1 is 1.19 bits per heavy atom. The van der Waals surface area contributed by atoms with Gasteiger partial charge in [-0.2, -0.15) is 0 Å². The van der Waals surface area contributed by atoms with Crippen LogP contribution in [0, 0.1) is 5.41 Å². The molecule has 1 saturated carbocycles. The van der Waals surface area contributed by atoms with Crippen molar-refractivity contribution in [2.45, 2.75) is 38.8 Å². The lowest BCUT2D eigenvalue weighted by atomic mass is 9.84. The molecule has 1 aromatic carbocycles. The summed E-state index contributed by atoms with van der Waals surface area (Å²) in [6.07, 6.45) is 3.87. The van der Waals surface area contributed by atoms with Crippen molar-refractivity contribution in [3.63, 3.8) is 0 Å². The van der Waals surface area contributed by atoms with Crippen LogP contribution in [0.2, 0.25) is 0 Å². The van der Waals surface area contributed by atoms with Crippen molar-refractivity contribution >= 4 is 11.9 Å². The molecule has 0 unspecified atom stereocenters. The zero-order chi connectivity index (χ0) is 15.0. The number of fused-ring (bicyclic) bond motifs is 1. The Kier molecular flexibility index (Phi) is 3.45. The van der Waals surface area contributed by atoms with Crippen LogP contribution in [0.3, 0.4) is 0 Å².